The van der Waals surface area contributed by atoms with Crippen molar-refractivity contribution < 1.29 is 9.59 Å². The maximum Gasteiger partial charge on any atom is 0.251 e. The minimum atomic E-state index is -0.374. The van der Waals surface area contributed by atoms with E-state index in [1.54, 1.807) is 35.9 Å². The Hall–Kier alpha value is -1.88. The van der Waals surface area contributed by atoms with Crippen LogP contribution in [0.4, 0.5) is 5.69 Å². The molecule has 0 aliphatic rings. The molecule has 162 valence electrons. The average molecular weight is 588 g/mol. The summed E-state index contributed by atoms with van der Waals surface area (Å²) in [5.41, 5.74) is 1.18. The molecule has 3 rings (SSSR count). The van der Waals surface area contributed by atoms with Crippen LogP contribution >= 0.6 is 55.2 Å². The van der Waals surface area contributed by atoms with Crippen LogP contribution in [0.1, 0.15) is 29.1 Å². The number of halogens is 3. The summed E-state index contributed by atoms with van der Waals surface area (Å²) in [6.07, 6.45) is 0. The highest BCUT2D eigenvalue weighted by Gasteiger charge is 2.19. The molecule has 0 bridgehead atoms. The molecule has 0 fully saturated rings. The number of carbonyl (C=O) groups excluding carboxylic acids is 2. The monoisotopic (exact) mass is 585 g/mol. The summed E-state index contributed by atoms with van der Waals surface area (Å²) in [6.45, 7) is 1.82. The van der Waals surface area contributed by atoms with Crippen LogP contribution in [0.2, 0.25) is 5.02 Å². The van der Waals surface area contributed by atoms with Gasteiger partial charge in [-0.05, 0) is 65.3 Å². The van der Waals surface area contributed by atoms with E-state index in [4.69, 9.17) is 11.6 Å². The van der Waals surface area contributed by atoms with E-state index in [9.17, 15) is 9.59 Å². The van der Waals surface area contributed by atoms with E-state index in [-0.39, 0.29) is 23.6 Å². The first-order valence-corrected chi connectivity index (χ1v) is 12.0. The van der Waals surface area contributed by atoms with Gasteiger partial charge in [-0.15, -0.1) is 10.2 Å². The third kappa shape index (κ3) is 6.31. The fraction of sp³-hybridized carbons (Fsp3) is 0.200. The van der Waals surface area contributed by atoms with E-state index >= 15 is 0 Å². The Kier molecular flexibility index (Phi) is 8.15. The van der Waals surface area contributed by atoms with Gasteiger partial charge in [0.05, 0.1) is 17.5 Å². The van der Waals surface area contributed by atoms with Gasteiger partial charge in [0.1, 0.15) is 0 Å². The predicted octanol–water partition coefficient (Wildman–Crippen LogP) is 5.22. The SMILES string of the molecule is C[C@H](NC(=O)c1ccc(Cl)cc1)c1nnc(SCC(=O)Nc2cc(Br)ccc2Br)n1C. The molecule has 0 radical (unpaired) electrons. The lowest BCUT2D eigenvalue weighted by molar-refractivity contribution is -0.113. The van der Waals surface area contributed by atoms with Gasteiger partial charge in [-0.1, -0.05) is 39.3 Å². The van der Waals surface area contributed by atoms with Crippen molar-refractivity contribution in [1.82, 2.24) is 20.1 Å². The zero-order valence-electron chi connectivity index (χ0n) is 16.5. The molecule has 0 spiro atoms. The molecule has 31 heavy (non-hydrogen) atoms. The lowest BCUT2D eigenvalue weighted by Crippen LogP contribution is -2.28. The molecule has 1 atom stereocenters. The second kappa shape index (κ2) is 10.6. The molecule has 0 aliphatic carbocycles. The molecule has 0 aliphatic heterocycles. The molecule has 7 nitrogen and oxygen atoms in total. The van der Waals surface area contributed by atoms with E-state index in [2.05, 4.69) is 52.7 Å². The first-order valence-electron chi connectivity index (χ1n) is 9.08. The highest BCUT2D eigenvalue weighted by molar-refractivity contribution is 9.11. The quantitative estimate of drug-likeness (QED) is 0.371. The smallest absolute Gasteiger partial charge is 0.251 e. The summed E-state index contributed by atoms with van der Waals surface area (Å²) in [7, 11) is 1.80. The van der Waals surface area contributed by atoms with Crippen molar-refractivity contribution in [3.05, 3.63) is 67.8 Å². The summed E-state index contributed by atoms with van der Waals surface area (Å²) < 4.78 is 3.42. The minimum absolute atomic E-state index is 0.163. The van der Waals surface area contributed by atoms with Gasteiger partial charge in [0.15, 0.2) is 11.0 Å². The molecule has 1 aromatic heterocycles. The maximum atomic E-state index is 12.4. The molecular weight excluding hydrogens is 570 g/mol. The number of benzene rings is 2. The predicted molar refractivity (Wildman–Crippen MR) is 130 cm³/mol. The number of carbonyl (C=O) groups is 2. The Morgan fingerprint density at radius 3 is 2.58 bits per heavy atom. The van der Waals surface area contributed by atoms with Gasteiger partial charge in [-0.25, -0.2) is 0 Å². The fourth-order valence-corrected chi connectivity index (χ4v) is 4.24. The zero-order valence-corrected chi connectivity index (χ0v) is 21.3. The number of hydrogen-bond acceptors (Lipinski definition) is 5. The minimum Gasteiger partial charge on any atom is -0.342 e. The van der Waals surface area contributed by atoms with E-state index in [0.29, 0.717) is 27.3 Å². The van der Waals surface area contributed by atoms with Gasteiger partial charge in [-0.3, -0.25) is 9.59 Å². The number of amides is 2. The Labute approximate surface area is 205 Å². The number of nitrogens with one attached hydrogen (secondary N) is 2. The van der Waals surface area contributed by atoms with Crippen molar-refractivity contribution in [2.24, 2.45) is 7.05 Å². The van der Waals surface area contributed by atoms with Crippen molar-refractivity contribution in [1.29, 1.82) is 0 Å². The number of hydrogen-bond donors (Lipinski definition) is 2. The van der Waals surface area contributed by atoms with Crippen LogP contribution in [0.5, 0.6) is 0 Å². The normalized spacial score (nSPS) is 11.8. The summed E-state index contributed by atoms with van der Waals surface area (Å²) in [5.74, 6) is 0.342. The lowest BCUT2D eigenvalue weighted by Gasteiger charge is -2.13. The van der Waals surface area contributed by atoms with Crippen LogP contribution in [-0.2, 0) is 11.8 Å². The molecule has 0 unspecified atom stereocenters. The van der Waals surface area contributed by atoms with Gasteiger partial charge in [-0.2, -0.15) is 0 Å². The van der Waals surface area contributed by atoms with E-state index < -0.39 is 0 Å². The standard InChI is InChI=1S/C20H18Br2ClN5O2S/c1-11(24-19(30)12-3-6-14(23)7-4-12)18-26-27-20(28(18)2)31-10-17(29)25-16-9-13(21)5-8-15(16)22/h3-9,11H,10H2,1-2H3,(H,24,30)(H,25,29)/t11-/m0/s1. The second-order valence-corrected chi connectivity index (χ2v) is 9.71. The molecular formula is C20H18Br2ClN5O2S. The van der Waals surface area contributed by atoms with E-state index in [1.165, 1.54) is 11.8 Å². The maximum absolute atomic E-state index is 12.4. The van der Waals surface area contributed by atoms with Crippen molar-refractivity contribution in [3.63, 3.8) is 0 Å². The Bertz CT molecular complexity index is 1110. The fourth-order valence-electron chi connectivity index (χ4n) is 2.68. The van der Waals surface area contributed by atoms with Crippen LogP contribution in [0, 0.1) is 0 Å². The van der Waals surface area contributed by atoms with Crippen LogP contribution in [0.3, 0.4) is 0 Å². The average Bonchev–Trinajstić information content (AvgIpc) is 3.10. The van der Waals surface area contributed by atoms with E-state index in [0.717, 1.165) is 8.95 Å². The van der Waals surface area contributed by atoms with Crippen LogP contribution < -0.4 is 10.6 Å². The Morgan fingerprint density at radius 2 is 1.87 bits per heavy atom. The van der Waals surface area contributed by atoms with Crippen LogP contribution in [-0.4, -0.2) is 32.3 Å². The zero-order chi connectivity index (χ0) is 22.5. The largest absolute Gasteiger partial charge is 0.342 e. The first kappa shape index (κ1) is 23.8. The van der Waals surface area contributed by atoms with Crippen molar-refractivity contribution in [2.45, 2.75) is 18.1 Å². The Morgan fingerprint density at radius 1 is 1.16 bits per heavy atom. The first-order chi connectivity index (χ1) is 14.7. The Balaban J connectivity index is 1.59. The molecule has 0 saturated heterocycles. The van der Waals surface area contributed by atoms with Gasteiger partial charge in [0.2, 0.25) is 5.91 Å². The summed E-state index contributed by atoms with van der Waals surface area (Å²) in [4.78, 5) is 24.8. The second-order valence-electron chi connectivity index (χ2n) is 6.56. The van der Waals surface area contributed by atoms with Gasteiger partial charge >= 0.3 is 0 Å². The third-order valence-corrected chi connectivity index (χ3v) is 6.70. The van der Waals surface area contributed by atoms with E-state index in [1.807, 2.05) is 25.1 Å². The molecule has 2 amide bonds. The molecule has 2 N–H and O–H groups in total. The number of aromatic nitrogens is 3. The van der Waals surface area contributed by atoms with Crippen LogP contribution in [0.25, 0.3) is 0 Å². The van der Waals surface area contributed by atoms with Crippen molar-refractivity contribution in [2.75, 3.05) is 11.1 Å². The molecule has 1 heterocycles. The van der Waals surface area contributed by atoms with Gasteiger partial charge < -0.3 is 15.2 Å². The molecule has 0 saturated carbocycles. The number of rotatable bonds is 7. The highest BCUT2D eigenvalue weighted by Crippen LogP contribution is 2.27. The van der Waals surface area contributed by atoms with Crippen molar-refractivity contribution >= 4 is 72.7 Å². The van der Waals surface area contributed by atoms with Gasteiger partial charge in [0, 0.05) is 26.6 Å². The highest BCUT2D eigenvalue weighted by atomic mass is 79.9. The molecule has 11 heteroatoms. The van der Waals surface area contributed by atoms with Crippen LogP contribution in [0.15, 0.2) is 56.6 Å². The number of nitrogens with zero attached hydrogens (tertiary/aromatic N) is 3. The number of thioether (sulfide) groups is 1. The summed E-state index contributed by atoms with van der Waals surface area (Å²) in [6, 6.07) is 11.8. The third-order valence-electron chi connectivity index (χ3n) is 4.24. The summed E-state index contributed by atoms with van der Waals surface area (Å²) in [5, 5.41) is 15.2. The number of anilines is 1. The topological polar surface area (TPSA) is 88.9 Å². The molecule has 3 aromatic rings. The summed E-state index contributed by atoms with van der Waals surface area (Å²) >= 11 is 13.9. The molecule has 2 aromatic carbocycles. The van der Waals surface area contributed by atoms with Crippen molar-refractivity contribution in [3.8, 4) is 0 Å². The lowest BCUT2D eigenvalue weighted by atomic mass is 10.2. The van der Waals surface area contributed by atoms with Gasteiger partial charge in [0.25, 0.3) is 5.91 Å².